The van der Waals surface area contributed by atoms with Crippen molar-refractivity contribution in [2.24, 2.45) is 0 Å². The second-order valence-electron chi connectivity index (χ2n) is 6.64. The van der Waals surface area contributed by atoms with Gasteiger partial charge in [0.15, 0.2) is 5.78 Å². The van der Waals surface area contributed by atoms with E-state index in [1.807, 2.05) is 32.0 Å². The predicted molar refractivity (Wildman–Crippen MR) is 97.1 cm³/mol. The molecule has 0 saturated carbocycles. The lowest BCUT2D eigenvalue weighted by molar-refractivity contribution is -0.131. The summed E-state index contributed by atoms with van der Waals surface area (Å²) in [5.41, 5.74) is 2.61. The van der Waals surface area contributed by atoms with Crippen LogP contribution in [0.4, 0.5) is 0 Å². The fourth-order valence-corrected chi connectivity index (χ4v) is 3.90. The van der Waals surface area contributed by atoms with Gasteiger partial charge in [0.25, 0.3) is 0 Å². The molecule has 1 fully saturated rings. The Kier molecular flexibility index (Phi) is 6.35. The Balaban J connectivity index is 1.92. The number of hydrogen-bond acceptors (Lipinski definition) is 4. The summed E-state index contributed by atoms with van der Waals surface area (Å²) < 4.78 is 24.7. The Hall–Kier alpha value is -1.73. The first-order valence-corrected chi connectivity index (χ1v) is 10.4. The lowest BCUT2D eigenvalue weighted by Crippen LogP contribution is -2.37. The molecule has 138 valence electrons. The van der Waals surface area contributed by atoms with E-state index in [2.05, 4.69) is 0 Å². The molecule has 0 atom stereocenters. The molecule has 1 aliphatic rings. The maximum absolute atomic E-state index is 12.4. The maximum atomic E-state index is 12.4. The molecule has 0 unspecified atom stereocenters. The fraction of sp³-hybridized carbons (Fsp3) is 0.556. The van der Waals surface area contributed by atoms with Crippen LogP contribution in [0.5, 0.6) is 0 Å². The van der Waals surface area contributed by atoms with Crippen molar-refractivity contribution in [3.05, 3.63) is 34.9 Å². The predicted octanol–water partition coefficient (Wildman–Crippen LogP) is 1.76. The van der Waals surface area contributed by atoms with Crippen molar-refractivity contribution < 1.29 is 18.0 Å². The minimum absolute atomic E-state index is 0.0258. The lowest BCUT2D eigenvalue weighted by Gasteiger charge is -2.21. The molecule has 0 aromatic heterocycles. The number of amides is 1. The molecular weight excluding hydrogens is 340 g/mol. The van der Waals surface area contributed by atoms with E-state index in [1.54, 1.807) is 4.90 Å². The molecule has 1 aromatic carbocycles. The van der Waals surface area contributed by atoms with Crippen LogP contribution < -0.4 is 0 Å². The van der Waals surface area contributed by atoms with Gasteiger partial charge in [0.2, 0.25) is 15.9 Å². The van der Waals surface area contributed by atoms with Crippen LogP contribution in [0.3, 0.4) is 0 Å². The van der Waals surface area contributed by atoms with Gasteiger partial charge in [-0.15, -0.1) is 0 Å². The third-order valence-electron chi connectivity index (χ3n) is 4.54. The van der Waals surface area contributed by atoms with Gasteiger partial charge in [0.1, 0.15) is 0 Å². The summed E-state index contributed by atoms with van der Waals surface area (Å²) in [6, 6.07) is 5.74. The average Bonchev–Trinajstić information content (AvgIpc) is 2.80. The molecule has 1 aliphatic heterocycles. The van der Waals surface area contributed by atoms with Crippen LogP contribution in [0.2, 0.25) is 0 Å². The Bertz CT molecular complexity index is 758. The number of nitrogens with zero attached hydrogens (tertiary/aromatic N) is 2. The topological polar surface area (TPSA) is 74.8 Å². The second kappa shape index (κ2) is 8.10. The Morgan fingerprint density at radius 3 is 2.44 bits per heavy atom. The largest absolute Gasteiger partial charge is 0.341 e. The van der Waals surface area contributed by atoms with Crippen molar-refractivity contribution in [2.45, 2.75) is 33.1 Å². The molecule has 1 aromatic rings. The van der Waals surface area contributed by atoms with Crippen molar-refractivity contribution >= 4 is 21.7 Å². The number of carbonyl (C=O) groups is 2. The van der Waals surface area contributed by atoms with Gasteiger partial charge in [0, 0.05) is 44.6 Å². The highest BCUT2D eigenvalue weighted by Gasteiger charge is 2.24. The van der Waals surface area contributed by atoms with Crippen molar-refractivity contribution in [1.29, 1.82) is 0 Å². The van der Waals surface area contributed by atoms with E-state index in [9.17, 15) is 18.0 Å². The molecule has 7 heteroatoms. The maximum Gasteiger partial charge on any atom is 0.223 e. The van der Waals surface area contributed by atoms with Gasteiger partial charge < -0.3 is 4.90 Å². The van der Waals surface area contributed by atoms with Gasteiger partial charge in [-0.1, -0.05) is 17.7 Å². The summed E-state index contributed by atoms with van der Waals surface area (Å²) in [5.74, 6) is -0.115. The number of rotatable bonds is 5. The zero-order valence-corrected chi connectivity index (χ0v) is 15.9. The van der Waals surface area contributed by atoms with Gasteiger partial charge in [-0.3, -0.25) is 9.59 Å². The molecule has 1 heterocycles. The van der Waals surface area contributed by atoms with Crippen molar-refractivity contribution in [2.75, 3.05) is 32.4 Å². The molecule has 1 saturated heterocycles. The molecule has 2 rings (SSSR count). The summed E-state index contributed by atoms with van der Waals surface area (Å²) in [7, 11) is -3.23. The minimum atomic E-state index is -3.23. The highest BCUT2D eigenvalue weighted by molar-refractivity contribution is 7.88. The first-order valence-electron chi connectivity index (χ1n) is 8.52. The van der Waals surface area contributed by atoms with Crippen LogP contribution in [-0.4, -0.2) is 61.7 Å². The highest BCUT2D eigenvalue weighted by atomic mass is 32.2. The van der Waals surface area contributed by atoms with Crippen LogP contribution in [-0.2, 0) is 14.8 Å². The number of sulfonamides is 1. The lowest BCUT2D eigenvalue weighted by atomic mass is 9.99. The van der Waals surface area contributed by atoms with Gasteiger partial charge >= 0.3 is 0 Å². The number of carbonyl (C=O) groups excluding carboxylic acids is 2. The minimum Gasteiger partial charge on any atom is -0.341 e. The Morgan fingerprint density at radius 2 is 1.76 bits per heavy atom. The van der Waals surface area contributed by atoms with Gasteiger partial charge in [-0.05, 0) is 31.9 Å². The van der Waals surface area contributed by atoms with E-state index in [0.29, 0.717) is 38.2 Å². The first-order chi connectivity index (χ1) is 11.7. The van der Waals surface area contributed by atoms with Crippen LogP contribution in [0.1, 0.15) is 40.7 Å². The third-order valence-corrected chi connectivity index (χ3v) is 5.84. The van der Waals surface area contributed by atoms with Crippen LogP contribution in [0, 0.1) is 13.8 Å². The Labute approximate surface area is 149 Å². The smallest absolute Gasteiger partial charge is 0.223 e. The van der Waals surface area contributed by atoms with Gasteiger partial charge in [0.05, 0.1) is 6.26 Å². The van der Waals surface area contributed by atoms with E-state index >= 15 is 0 Å². The van der Waals surface area contributed by atoms with E-state index < -0.39 is 10.0 Å². The molecule has 0 aliphatic carbocycles. The fourth-order valence-electron chi connectivity index (χ4n) is 3.02. The van der Waals surface area contributed by atoms with E-state index in [1.165, 1.54) is 10.6 Å². The number of ketones is 1. The number of Topliss-reactive ketones (excluding diaryl/α,β-unsaturated/α-hetero) is 1. The van der Waals surface area contributed by atoms with Crippen molar-refractivity contribution in [3.63, 3.8) is 0 Å². The number of aryl methyl sites for hydroxylation is 2. The summed E-state index contributed by atoms with van der Waals surface area (Å²) in [6.07, 6.45) is 2.14. The second-order valence-corrected chi connectivity index (χ2v) is 8.62. The molecule has 1 amide bonds. The van der Waals surface area contributed by atoms with Crippen molar-refractivity contribution in [3.8, 4) is 0 Å². The van der Waals surface area contributed by atoms with E-state index in [4.69, 9.17) is 0 Å². The average molecular weight is 366 g/mol. The monoisotopic (exact) mass is 366 g/mol. The molecular formula is C18H26N2O4S. The summed E-state index contributed by atoms with van der Waals surface area (Å²) in [5, 5.41) is 0. The molecule has 0 spiro atoms. The molecule has 6 nitrogen and oxygen atoms in total. The number of hydrogen-bond donors (Lipinski definition) is 0. The Morgan fingerprint density at radius 1 is 1.04 bits per heavy atom. The SMILES string of the molecule is Cc1ccc(C)c(C(=O)CCC(=O)N2CCCN(S(C)(=O)=O)CC2)c1. The molecule has 25 heavy (non-hydrogen) atoms. The zero-order chi connectivity index (χ0) is 18.6. The first kappa shape index (κ1) is 19.6. The van der Waals surface area contributed by atoms with E-state index in [-0.39, 0.29) is 24.5 Å². The summed E-state index contributed by atoms with van der Waals surface area (Å²) in [6.45, 7) is 5.49. The zero-order valence-electron chi connectivity index (χ0n) is 15.1. The van der Waals surface area contributed by atoms with Gasteiger partial charge in [-0.25, -0.2) is 12.7 Å². The molecule has 0 bridgehead atoms. The summed E-state index contributed by atoms with van der Waals surface area (Å²) in [4.78, 5) is 26.5. The van der Waals surface area contributed by atoms with E-state index in [0.717, 1.165) is 11.1 Å². The number of benzene rings is 1. The highest BCUT2D eigenvalue weighted by Crippen LogP contribution is 2.15. The normalized spacial score (nSPS) is 16.5. The quantitative estimate of drug-likeness (QED) is 0.744. The van der Waals surface area contributed by atoms with Crippen LogP contribution in [0.25, 0.3) is 0 Å². The standard InChI is InChI=1S/C18H26N2O4S/c1-14-5-6-15(2)16(13-14)17(21)7-8-18(22)19-9-4-10-20(12-11-19)25(3,23)24/h5-6,13H,4,7-12H2,1-3H3. The van der Waals surface area contributed by atoms with Gasteiger partial charge in [-0.2, -0.15) is 0 Å². The molecule has 0 N–H and O–H groups in total. The van der Waals surface area contributed by atoms with Crippen LogP contribution >= 0.6 is 0 Å². The third kappa shape index (κ3) is 5.37. The summed E-state index contributed by atoms with van der Waals surface area (Å²) >= 11 is 0. The van der Waals surface area contributed by atoms with Crippen molar-refractivity contribution in [1.82, 2.24) is 9.21 Å². The molecule has 0 radical (unpaired) electrons. The van der Waals surface area contributed by atoms with Crippen LogP contribution in [0.15, 0.2) is 18.2 Å².